The Kier molecular flexibility index (Phi) is 15.6. The van der Waals surface area contributed by atoms with E-state index in [1.54, 1.807) is 0 Å². The molecule has 13 nitrogen and oxygen atoms in total. The number of likely N-dealkylation sites (N-methyl/N-ethyl adjacent to an activating group) is 2. The third-order valence-electron chi connectivity index (χ3n) is 7.96. The first-order chi connectivity index (χ1) is 19.9. The molecule has 1 heterocycles. The number of hydrogen-bond donors (Lipinski definition) is 4. The van der Waals surface area contributed by atoms with Crippen molar-refractivity contribution >= 4 is 28.1 Å². The van der Waals surface area contributed by atoms with Crippen molar-refractivity contribution in [1.29, 1.82) is 0 Å². The largest absolute Gasteiger partial charge is 0.366 e. The Bertz CT molecular complexity index is 1040. The van der Waals surface area contributed by atoms with E-state index in [1.165, 1.54) is 38.0 Å². The highest BCUT2D eigenvalue weighted by atomic mass is 32.2. The SMILES string of the molecule is CCCCC/C=C\C(C)[C@H](C(O)O)N(C)C(=O)[C@@H]1CCCN1C(=O)CNC(=O)NC(CN(C)S(=O)(=O)N(C)C)C(C)(C)C. The second-order valence-electron chi connectivity index (χ2n) is 12.7. The molecular formula is C29H56N6O7S. The molecule has 1 rings (SSSR count). The van der Waals surface area contributed by atoms with Gasteiger partial charge in [-0.1, -0.05) is 59.6 Å². The summed E-state index contributed by atoms with van der Waals surface area (Å²) in [5.74, 6) is -1.16. The molecule has 0 radical (unpaired) electrons. The predicted molar refractivity (Wildman–Crippen MR) is 167 cm³/mol. The quantitative estimate of drug-likeness (QED) is 0.113. The Labute approximate surface area is 258 Å². The van der Waals surface area contributed by atoms with Crippen LogP contribution in [0, 0.1) is 11.3 Å². The van der Waals surface area contributed by atoms with E-state index in [0.29, 0.717) is 19.4 Å². The van der Waals surface area contributed by atoms with Crippen LogP contribution in [0.25, 0.3) is 0 Å². The summed E-state index contributed by atoms with van der Waals surface area (Å²) in [4.78, 5) is 42.1. The average Bonchev–Trinajstić information content (AvgIpc) is 3.40. The summed E-state index contributed by atoms with van der Waals surface area (Å²) >= 11 is 0. The summed E-state index contributed by atoms with van der Waals surface area (Å²) in [6.07, 6.45) is 7.28. The zero-order valence-electron chi connectivity index (χ0n) is 27.5. The first-order valence-corrected chi connectivity index (χ1v) is 16.5. The van der Waals surface area contributed by atoms with Crippen LogP contribution in [-0.2, 0) is 19.8 Å². The zero-order valence-corrected chi connectivity index (χ0v) is 28.4. The maximum atomic E-state index is 13.5. The number of carbonyl (C=O) groups is 3. The Morgan fingerprint density at radius 2 is 1.72 bits per heavy atom. The highest BCUT2D eigenvalue weighted by Crippen LogP contribution is 2.24. The van der Waals surface area contributed by atoms with Crippen LogP contribution in [0.5, 0.6) is 0 Å². The van der Waals surface area contributed by atoms with Crippen molar-refractivity contribution in [1.82, 2.24) is 29.0 Å². The van der Waals surface area contributed by atoms with Crippen LogP contribution in [0.4, 0.5) is 4.79 Å². The molecule has 14 heteroatoms. The van der Waals surface area contributed by atoms with Gasteiger partial charge >= 0.3 is 6.03 Å². The summed E-state index contributed by atoms with van der Waals surface area (Å²) < 4.78 is 27.2. The molecule has 0 aromatic rings. The van der Waals surface area contributed by atoms with Crippen molar-refractivity contribution in [2.45, 2.75) is 97.6 Å². The van der Waals surface area contributed by atoms with Gasteiger partial charge in [-0.2, -0.15) is 17.0 Å². The summed E-state index contributed by atoms with van der Waals surface area (Å²) in [6, 6.07) is -2.87. The number of unbranched alkanes of at least 4 members (excludes halogenated alkanes) is 3. The monoisotopic (exact) mass is 632 g/mol. The standard InChI is InChI=1S/C29H56N6O7S/c1-10-11-12-13-14-16-21(2)25(27(38)39)34(9)26(37)22-17-15-18-35(22)24(36)19-30-28(40)31-23(29(3,4)5)20-33(8)43(41,42)32(6)7/h14,16,21-23,25,27,38-39H,10-13,15,17-20H2,1-9H3,(H2,30,31,40)/b16-14-/t21?,22-,23?,25+/m0/s1. The van der Waals surface area contributed by atoms with Crippen molar-refractivity contribution < 1.29 is 33.0 Å². The molecular weight excluding hydrogens is 576 g/mol. The molecule has 0 aromatic carbocycles. The van der Waals surface area contributed by atoms with Gasteiger partial charge in [0.1, 0.15) is 6.04 Å². The number of nitrogens with one attached hydrogen (secondary N) is 2. The third kappa shape index (κ3) is 11.6. The van der Waals surface area contributed by atoms with Crippen LogP contribution in [0.3, 0.4) is 0 Å². The van der Waals surface area contributed by atoms with Crippen LogP contribution in [-0.4, -0.2) is 127 Å². The first-order valence-electron chi connectivity index (χ1n) is 15.1. The van der Waals surface area contributed by atoms with Gasteiger partial charge in [-0.3, -0.25) is 9.59 Å². The van der Waals surface area contributed by atoms with Gasteiger partial charge in [0.05, 0.1) is 12.6 Å². The lowest BCUT2D eigenvalue weighted by atomic mass is 9.87. The van der Waals surface area contributed by atoms with Gasteiger partial charge in [0.15, 0.2) is 6.29 Å². The number of likely N-dealkylation sites (tertiary alicyclic amines) is 1. The smallest absolute Gasteiger partial charge is 0.315 e. The third-order valence-corrected chi connectivity index (χ3v) is 9.82. The number of carbonyl (C=O) groups excluding carboxylic acids is 3. The van der Waals surface area contributed by atoms with Crippen LogP contribution in [0.2, 0.25) is 0 Å². The summed E-state index contributed by atoms with van der Waals surface area (Å²) in [5, 5.41) is 25.6. The van der Waals surface area contributed by atoms with Crippen molar-refractivity contribution in [3.05, 3.63) is 12.2 Å². The predicted octanol–water partition coefficient (Wildman–Crippen LogP) is 1.34. The molecule has 0 aromatic heterocycles. The molecule has 0 saturated carbocycles. The van der Waals surface area contributed by atoms with Gasteiger partial charge in [0, 0.05) is 47.3 Å². The van der Waals surface area contributed by atoms with E-state index in [4.69, 9.17) is 0 Å². The molecule has 4 N–H and O–H groups in total. The Morgan fingerprint density at radius 1 is 1.09 bits per heavy atom. The van der Waals surface area contributed by atoms with Gasteiger partial charge < -0.3 is 30.6 Å². The summed E-state index contributed by atoms with van der Waals surface area (Å²) in [5.41, 5.74) is -0.496. The maximum absolute atomic E-state index is 13.5. The van der Waals surface area contributed by atoms with E-state index in [0.717, 1.165) is 34.3 Å². The van der Waals surface area contributed by atoms with Crippen LogP contribution in [0.1, 0.15) is 73.1 Å². The van der Waals surface area contributed by atoms with E-state index in [9.17, 15) is 33.0 Å². The zero-order chi connectivity index (χ0) is 33.1. The number of hydrogen-bond acceptors (Lipinski definition) is 7. The summed E-state index contributed by atoms with van der Waals surface area (Å²) in [7, 11) is 2.12. The molecule has 0 spiro atoms. The number of allylic oxidation sites excluding steroid dienone is 1. The average molecular weight is 633 g/mol. The first kappa shape index (κ1) is 38.8. The molecule has 4 amide bonds. The van der Waals surface area contributed by atoms with E-state index in [2.05, 4.69) is 17.6 Å². The lowest BCUT2D eigenvalue weighted by Gasteiger charge is -2.36. The fourth-order valence-corrected chi connectivity index (χ4v) is 5.99. The minimum atomic E-state index is -3.69. The number of urea groups is 1. The molecule has 1 aliphatic heterocycles. The highest BCUT2D eigenvalue weighted by molar-refractivity contribution is 7.86. The van der Waals surface area contributed by atoms with Crippen LogP contribution in [0.15, 0.2) is 12.2 Å². The van der Waals surface area contributed by atoms with Gasteiger partial charge in [-0.25, -0.2) is 4.79 Å². The number of aliphatic hydroxyl groups is 2. The second-order valence-corrected chi connectivity index (χ2v) is 14.9. The maximum Gasteiger partial charge on any atom is 0.315 e. The molecule has 43 heavy (non-hydrogen) atoms. The van der Waals surface area contributed by atoms with Crippen molar-refractivity contribution in [3.63, 3.8) is 0 Å². The van der Waals surface area contributed by atoms with Gasteiger partial charge in [-0.05, 0) is 37.0 Å². The molecule has 1 aliphatic rings. The number of aliphatic hydroxyl groups excluding tert-OH is 1. The Morgan fingerprint density at radius 3 is 2.26 bits per heavy atom. The normalized spacial score (nSPS) is 18.4. The Balaban J connectivity index is 2.86. The van der Waals surface area contributed by atoms with E-state index >= 15 is 0 Å². The van der Waals surface area contributed by atoms with E-state index < -0.39 is 57.9 Å². The van der Waals surface area contributed by atoms with Crippen LogP contribution < -0.4 is 10.6 Å². The van der Waals surface area contributed by atoms with E-state index in [1.807, 2.05) is 39.8 Å². The lowest BCUT2D eigenvalue weighted by Crippen LogP contribution is -2.57. The van der Waals surface area contributed by atoms with Gasteiger partial charge in [-0.15, -0.1) is 0 Å². The van der Waals surface area contributed by atoms with Gasteiger partial charge in [0.2, 0.25) is 11.8 Å². The molecule has 1 saturated heterocycles. The van der Waals surface area contributed by atoms with Gasteiger partial charge in [0.25, 0.3) is 10.2 Å². The Hall–Kier alpha value is -2.26. The lowest BCUT2D eigenvalue weighted by molar-refractivity contribution is -0.154. The fraction of sp³-hybridized carbons (Fsp3) is 0.828. The molecule has 4 atom stereocenters. The molecule has 0 aliphatic carbocycles. The van der Waals surface area contributed by atoms with Crippen molar-refractivity contribution in [2.24, 2.45) is 11.3 Å². The highest BCUT2D eigenvalue weighted by Gasteiger charge is 2.40. The topological polar surface area (TPSA) is 163 Å². The number of nitrogens with zero attached hydrogens (tertiary/aromatic N) is 4. The number of amides is 4. The minimum Gasteiger partial charge on any atom is -0.366 e. The van der Waals surface area contributed by atoms with E-state index in [-0.39, 0.29) is 19.0 Å². The summed E-state index contributed by atoms with van der Waals surface area (Å²) in [6.45, 7) is 9.56. The second kappa shape index (κ2) is 17.3. The molecule has 1 fully saturated rings. The molecule has 250 valence electrons. The minimum absolute atomic E-state index is 0.0185. The molecule has 0 bridgehead atoms. The number of rotatable bonds is 16. The van der Waals surface area contributed by atoms with Crippen molar-refractivity contribution in [2.75, 3.05) is 47.8 Å². The molecule has 2 unspecified atom stereocenters. The van der Waals surface area contributed by atoms with Crippen molar-refractivity contribution in [3.8, 4) is 0 Å². The van der Waals surface area contributed by atoms with Crippen LogP contribution >= 0.6 is 0 Å². The fourth-order valence-electron chi connectivity index (χ4n) is 5.10.